The van der Waals surface area contributed by atoms with E-state index in [0.29, 0.717) is 23.2 Å². The Bertz CT molecular complexity index is 494. The molecule has 1 aliphatic heterocycles. The molecule has 6 heteroatoms. The molecule has 108 valence electrons. The third kappa shape index (κ3) is 2.41. The van der Waals surface area contributed by atoms with E-state index in [0.717, 1.165) is 13.0 Å². The fourth-order valence-corrected chi connectivity index (χ4v) is 3.28. The maximum atomic E-state index is 12.2. The molecule has 0 unspecified atom stereocenters. The number of methoxy groups -OCH3 is 1. The standard InChI is InChI=1S/C14H17ClN2O3/c1-19-7-10-12(9-4-5-20-13(9)10)17-14(18)11-3-2-8(15)6-16-11/h2-3,6,9-10,12-13H,4-5,7H2,1H3,(H,17,18)/t9-,10+,12+,13-/m0/s1. The van der Waals surface area contributed by atoms with Crippen molar-refractivity contribution in [2.24, 2.45) is 11.8 Å². The Hall–Kier alpha value is -1.17. The number of amides is 1. The number of hydrogen-bond donors (Lipinski definition) is 1. The Morgan fingerprint density at radius 1 is 1.60 bits per heavy atom. The number of rotatable bonds is 4. The average Bonchev–Trinajstić information content (AvgIpc) is 2.87. The molecule has 2 heterocycles. The molecule has 1 saturated heterocycles. The van der Waals surface area contributed by atoms with E-state index in [1.54, 1.807) is 19.2 Å². The van der Waals surface area contributed by atoms with Crippen molar-refractivity contribution in [1.82, 2.24) is 10.3 Å². The molecule has 0 bridgehead atoms. The fourth-order valence-electron chi connectivity index (χ4n) is 3.17. The van der Waals surface area contributed by atoms with Gasteiger partial charge in [-0.3, -0.25) is 4.79 Å². The fraction of sp³-hybridized carbons (Fsp3) is 0.571. The van der Waals surface area contributed by atoms with E-state index in [1.807, 2.05) is 0 Å². The van der Waals surface area contributed by atoms with Crippen LogP contribution in [0.3, 0.4) is 0 Å². The number of carbonyl (C=O) groups is 1. The van der Waals surface area contributed by atoms with Crippen LogP contribution in [0.1, 0.15) is 16.9 Å². The first-order chi connectivity index (χ1) is 9.70. The molecule has 1 amide bonds. The van der Waals surface area contributed by atoms with E-state index in [-0.39, 0.29) is 24.0 Å². The normalized spacial score (nSPS) is 31.5. The largest absolute Gasteiger partial charge is 0.384 e. The quantitative estimate of drug-likeness (QED) is 0.915. The molecule has 1 aliphatic carbocycles. The van der Waals surface area contributed by atoms with Crippen LogP contribution in [0, 0.1) is 11.8 Å². The van der Waals surface area contributed by atoms with Crippen LogP contribution < -0.4 is 5.32 Å². The van der Waals surface area contributed by atoms with Gasteiger partial charge in [-0.25, -0.2) is 4.98 Å². The van der Waals surface area contributed by atoms with Crippen molar-refractivity contribution < 1.29 is 14.3 Å². The zero-order valence-corrected chi connectivity index (χ0v) is 12.0. The Morgan fingerprint density at radius 3 is 3.15 bits per heavy atom. The number of carbonyl (C=O) groups excluding carboxylic acids is 1. The molecule has 5 nitrogen and oxygen atoms in total. The van der Waals surface area contributed by atoms with Crippen LogP contribution in [0.15, 0.2) is 18.3 Å². The third-order valence-corrected chi connectivity index (χ3v) is 4.37. The summed E-state index contributed by atoms with van der Waals surface area (Å²) in [5.41, 5.74) is 0.382. The number of nitrogens with zero attached hydrogens (tertiary/aromatic N) is 1. The minimum Gasteiger partial charge on any atom is -0.384 e. The van der Waals surface area contributed by atoms with Crippen LogP contribution >= 0.6 is 11.6 Å². The molecule has 4 atom stereocenters. The predicted octanol–water partition coefficient (Wildman–Crippen LogP) is 1.51. The lowest BCUT2D eigenvalue weighted by Gasteiger charge is -2.47. The van der Waals surface area contributed by atoms with Gasteiger partial charge in [0.1, 0.15) is 5.69 Å². The van der Waals surface area contributed by atoms with Gasteiger partial charge in [-0.05, 0) is 18.6 Å². The molecule has 0 spiro atoms. The van der Waals surface area contributed by atoms with Crippen molar-refractivity contribution in [1.29, 1.82) is 0 Å². The summed E-state index contributed by atoms with van der Waals surface area (Å²) in [6, 6.07) is 3.40. The number of hydrogen-bond acceptors (Lipinski definition) is 4. The highest BCUT2D eigenvalue weighted by Gasteiger charge is 2.54. The minimum atomic E-state index is -0.168. The molecular formula is C14H17ClN2O3. The maximum Gasteiger partial charge on any atom is 0.270 e. The van der Waals surface area contributed by atoms with Crippen LogP contribution in [0.2, 0.25) is 5.02 Å². The van der Waals surface area contributed by atoms with Gasteiger partial charge < -0.3 is 14.8 Å². The minimum absolute atomic E-state index is 0.104. The molecule has 1 saturated carbocycles. The lowest BCUT2D eigenvalue weighted by Crippen LogP contribution is -2.62. The Kier molecular flexibility index (Phi) is 3.92. The van der Waals surface area contributed by atoms with E-state index < -0.39 is 0 Å². The molecule has 1 N–H and O–H groups in total. The van der Waals surface area contributed by atoms with Gasteiger partial charge in [0, 0.05) is 37.8 Å². The summed E-state index contributed by atoms with van der Waals surface area (Å²) in [6.45, 7) is 1.36. The lowest BCUT2D eigenvalue weighted by atomic mass is 9.67. The first-order valence-corrected chi connectivity index (χ1v) is 7.11. The number of fused-ring (bicyclic) bond motifs is 1. The molecule has 1 aromatic heterocycles. The van der Waals surface area contributed by atoms with Crippen LogP contribution in [0.5, 0.6) is 0 Å². The van der Waals surface area contributed by atoms with Gasteiger partial charge in [0.15, 0.2) is 0 Å². The topological polar surface area (TPSA) is 60.5 Å². The van der Waals surface area contributed by atoms with Crippen molar-refractivity contribution in [2.45, 2.75) is 18.6 Å². The Balaban J connectivity index is 1.67. The van der Waals surface area contributed by atoms with Crippen molar-refractivity contribution in [2.75, 3.05) is 20.3 Å². The van der Waals surface area contributed by atoms with Crippen LogP contribution in [-0.4, -0.2) is 43.4 Å². The summed E-state index contributed by atoms with van der Waals surface area (Å²) in [6.07, 6.45) is 2.69. The second kappa shape index (κ2) is 5.68. The van der Waals surface area contributed by atoms with Crippen molar-refractivity contribution >= 4 is 17.5 Å². The molecule has 1 aromatic rings. The van der Waals surface area contributed by atoms with Gasteiger partial charge in [0.05, 0.1) is 17.7 Å². The third-order valence-electron chi connectivity index (χ3n) is 4.14. The zero-order chi connectivity index (χ0) is 14.1. The predicted molar refractivity (Wildman–Crippen MR) is 73.7 cm³/mol. The van der Waals surface area contributed by atoms with Gasteiger partial charge in [0.2, 0.25) is 0 Å². The summed E-state index contributed by atoms with van der Waals surface area (Å²) < 4.78 is 10.9. The van der Waals surface area contributed by atoms with E-state index in [4.69, 9.17) is 21.1 Å². The van der Waals surface area contributed by atoms with Crippen LogP contribution in [-0.2, 0) is 9.47 Å². The van der Waals surface area contributed by atoms with Gasteiger partial charge in [0.25, 0.3) is 5.91 Å². The van der Waals surface area contributed by atoms with Gasteiger partial charge in [-0.2, -0.15) is 0 Å². The first kappa shape index (κ1) is 13.8. The summed E-state index contributed by atoms with van der Waals surface area (Å²) in [5.74, 6) is 0.452. The lowest BCUT2D eigenvalue weighted by molar-refractivity contribution is -0.0810. The van der Waals surface area contributed by atoms with Crippen LogP contribution in [0.4, 0.5) is 0 Å². The summed E-state index contributed by atoms with van der Waals surface area (Å²) in [7, 11) is 1.67. The summed E-state index contributed by atoms with van der Waals surface area (Å²) >= 11 is 5.77. The highest BCUT2D eigenvalue weighted by atomic mass is 35.5. The molecule has 20 heavy (non-hydrogen) atoms. The number of ether oxygens (including phenoxy) is 2. The Morgan fingerprint density at radius 2 is 2.45 bits per heavy atom. The van der Waals surface area contributed by atoms with E-state index in [2.05, 4.69) is 10.3 Å². The second-order valence-electron chi connectivity index (χ2n) is 5.27. The van der Waals surface area contributed by atoms with E-state index >= 15 is 0 Å². The molecule has 3 rings (SSSR count). The SMILES string of the molecule is COC[C@@H]1[C@H](NC(=O)c2ccc(Cl)cn2)[C@@H]2CCO[C@H]12. The molecule has 2 fully saturated rings. The number of halogens is 1. The molecule has 0 aromatic carbocycles. The van der Waals surface area contributed by atoms with E-state index in [9.17, 15) is 4.79 Å². The van der Waals surface area contributed by atoms with Crippen LogP contribution in [0.25, 0.3) is 0 Å². The van der Waals surface area contributed by atoms with E-state index in [1.165, 1.54) is 6.20 Å². The number of pyridine rings is 1. The zero-order valence-electron chi connectivity index (χ0n) is 11.2. The first-order valence-electron chi connectivity index (χ1n) is 6.73. The molecule has 2 aliphatic rings. The monoisotopic (exact) mass is 296 g/mol. The Labute approximate surface area is 122 Å². The van der Waals surface area contributed by atoms with Crippen molar-refractivity contribution in [3.05, 3.63) is 29.0 Å². The highest BCUT2D eigenvalue weighted by molar-refractivity contribution is 6.30. The second-order valence-corrected chi connectivity index (χ2v) is 5.70. The summed E-state index contributed by atoms with van der Waals surface area (Å²) in [4.78, 5) is 16.2. The van der Waals surface area contributed by atoms with Crippen molar-refractivity contribution in [3.63, 3.8) is 0 Å². The molecule has 0 radical (unpaired) electrons. The van der Waals surface area contributed by atoms with Gasteiger partial charge >= 0.3 is 0 Å². The smallest absolute Gasteiger partial charge is 0.270 e. The van der Waals surface area contributed by atoms with Gasteiger partial charge in [-0.1, -0.05) is 11.6 Å². The number of nitrogens with one attached hydrogen (secondary N) is 1. The molecular weight excluding hydrogens is 280 g/mol. The van der Waals surface area contributed by atoms with Gasteiger partial charge in [-0.15, -0.1) is 0 Å². The maximum absolute atomic E-state index is 12.2. The highest BCUT2D eigenvalue weighted by Crippen LogP contribution is 2.43. The van der Waals surface area contributed by atoms with Crippen molar-refractivity contribution in [3.8, 4) is 0 Å². The summed E-state index contributed by atoms with van der Waals surface area (Å²) in [5, 5.41) is 3.57. The number of aromatic nitrogens is 1. The average molecular weight is 297 g/mol.